The van der Waals surface area contributed by atoms with Crippen LogP contribution in [-0.2, 0) is 11.3 Å². The van der Waals surface area contributed by atoms with Crippen molar-refractivity contribution < 1.29 is 18.5 Å². The van der Waals surface area contributed by atoms with E-state index in [0.29, 0.717) is 11.3 Å². The molecule has 0 fully saturated rings. The van der Waals surface area contributed by atoms with Crippen LogP contribution in [0.1, 0.15) is 0 Å². The Balaban J connectivity index is 1.52. The van der Waals surface area contributed by atoms with Gasteiger partial charge < -0.3 is 15.1 Å². The normalized spacial score (nSPS) is 10.5. The molecule has 2 N–H and O–H groups in total. The minimum atomic E-state index is -0.822. The highest BCUT2D eigenvalue weighted by atomic mass is 19.1. The van der Waals surface area contributed by atoms with Gasteiger partial charge in [-0.15, -0.1) is 5.10 Å². The molecule has 0 unspecified atom stereocenters. The Labute approximate surface area is 163 Å². The number of nitro groups is 1. The molecular formula is C18H16FN5O5. The molecule has 1 heterocycles. The average Bonchev–Trinajstić information content (AvgIpc) is 3.06. The molecular weight excluding hydrogens is 385 g/mol. The average molecular weight is 401 g/mol. The van der Waals surface area contributed by atoms with Crippen molar-refractivity contribution in [2.75, 3.05) is 18.4 Å². The van der Waals surface area contributed by atoms with Gasteiger partial charge in [0.2, 0.25) is 11.8 Å². The van der Waals surface area contributed by atoms with Gasteiger partial charge in [0.15, 0.2) is 0 Å². The fourth-order valence-electron chi connectivity index (χ4n) is 2.49. The summed E-state index contributed by atoms with van der Waals surface area (Å²) in [7, 11) is 0. The summed E-state index contributed by atoms with van der Waals surface area (Å²) in [6.07, 6.45) is 0. The smallest absolute Gasteiger partial charge is 0.388 e. The highest BCUT2D eigenvalue weighted by molar-refractivity contribution is 5.75. The van der Waals surface area contributed by atoms with Crippen LogP contribution in [0.25, 0.3) is 11.5 Å². The number of nitro benzene ring substituents is 1. The van der Waals surface area contributed by atoms with Crippen molar-refractivity contribution in [3.8, 4) is 11.5 Å². The lowest BCUT2D eigenvalue weighted by atomic mass is 10.2. The number of anilines is 1. The first-order chi connectivity index (χ1) is 13.9. The maximum absolute atomic E-state index is 13.0. The van der Waals surface area contributed by atoms with Gasteiger partial charge in [0.25, 0.3) is 5.69 Å². The summed E-state index contributed by atoms with van der Waals surface area (Å²) in [6, 6.07) is 11.3. The molecule has 3 rings (SSSR count). The monoisotopic (exact) mass is 401 g/mol. The first-order valence-electron chi connectivity index (χ1n) is 8.52. The van der Waals surface area contributed by atoms with Gasteiger partial charge in [-0.1, -0.05) is 12.1 Å². The Bertz CT molecular complexity index is 1080. The van der Waals surface area contributed by atoms with E-state index in [0.717, 1.165) is 4.68 Å². The third-order valence-corrected chi connectivity index (χ3v) is 3.85. The van der Waals surface area contributed by atoms with E-state index in [-0.39, 0.29) is 31.2 Å². The summed E-state index contributed by atoms with van der Waals surface area (Å²) in [5, 5.41) is 20.3. The van der Waals surface area contributed by atoms with Crippen molar-refractivity contribution >= 4 is 17.3 Å². The SMILES string of the molecule is O=C(Cn1nc(-c2ccc(F)cc2)oc1=O)NCCNc1ccccc1[N+](=O)[O-]. The first kappa shape index (κ1) is 19.7. The molecule has 0 spiro atoms. The standard InChI is InChI=1S/C18H16FN5O5/c19-13-7-5-12(6-8-13)17-22-23(18(26)29-17)11-16(25)21-10-9-20-14-3-1-2-4-15(14)24(27)28/h1-8,20H,9-11H2,(H,21,25). The van der Waals surface area contributed by atoms with E-state index in [9.17, 15) is 24.1 Å². The fourth-order valence-corrected chi connectivity index (χ4v) is 2.49. The lowest BCUT2D eigenvalue weighted by Gasteiger charge is -2.08. The maximum atomic E-state index is 13.0. The van der Waals surface area contributed by atoms with Crippen LogP contribution >= 0.6 is 0 Å². The van der Waals surface area contributed by atoms with Crippen LogP contribution in [-0.4, -0.2) is 33.7 Å². The number of carbonyl (C=O) groups excluding carboxylic acids is 1. The summed E-state index contributed by atoms with van der Waals surface area (Å²) in [4.78, 5) is 34.3. The predicted molar refractivity (Wildman–Crippen MR) is 101 cm³/mol. The molecule has 11 heteroatoms. The third-order valence-electron chi connectivity index (χ3n) is 3.85. The summed E-state index contributed by atoms with van der Waals surface area (Å²) < 4.78 is 18.8. The van der Waals surface area contributed by atoms with Crippen molar-refractivity contribution in [3.63, 3.8) is 0 Å². The summed E-state index contributed by atoms with van der Waals surface area (Å²) >= 11 is 0. The Kier molecular flexibility index (Phi) is 5.97. The lowest BCUT2D eigenvalue weighted by Crippen LogP contribution is -2.34. The van der Waals surface area contributed by atoms with Crippen LogP contribution in [0.2, 0.25) is 0 Å². The van der Waals surface area contributed by atoms with E-state index in [2.05, 4.69) is 15.7 Å². The van der Waals surface area contributed by atoms with Crippen molar-refractivity contribution in [2.45, 2.75) is 6.54 Å². The molecule has 0 bridgehead atoms. The van der Waals surface area contributed by atoms with Crippen LogP contribution in [0.5, 0.6) is 0 Å². The highest BCUT2D eigenvalue weighted by Crippen LogP contribution is 2.22. The van der Waals surface area contributed by atoms with Gasteiger partial charge in [0, 0.05) is 24.7 Å². The van der Waals surface area contributed by atoms with Crippen LogP contribution < -0.4 is 16.4 Å². The number of nitrogens with one attached hydrogen (secondary N) is 2. The molecule has 0 atom stereocenters. The molecule has 10 nitrogen and oxygen atoms in total. The number of aromatic nitrogens is 2. The Morgan fingerprint density at radius 2 is 1.90 bits per heavy atom. The van der Waals surface area contributed by atoms with E-state index >= 15 is 0 Å². The predicted octanol–water partition coefficient (Wildman–Crippen LogP) is 1.78. The van der Waals surface area contributed by atoms with E-state index in [1.54, 1.807) is 18.2 Å². The largest absolute Gasteiger partial charge is 0.437 e. The zero-order chi connectivity index (χ0) is 20.8. The molecule has 0 saturated heterocycles. The summed E-state index contributed by atoms with van der Waals surface area (Å²) in [6.45, 7) is 0.0441. The minimum Gasteiger partial charge on any atom is -0.388 e. The van der Waals surface area contributed by atoms with Gasteiger partial charge in [0.05, 0.1) is 4.92 Å². The lowest BCUT2D eigenvalue weighted by molar-refractivity contribution is -0.384. The maximum Gasteiger partial charge on any atom is 0.437 e. The van der Waals surface area contributed by atoms with Gasteiger partial charge in [0.1, 0.15) is 18.0 Å². The molecule has 0 aliphatic heterocycles. The van der Waals surface area contributed by atoms with Crippen molar-refractivity contribution in [2.24, 2.45) is 0 Å². The molecule has 0 saturated carbocycles. The second-order valence-electron chi connectivity index (χ2n) is 5.89. The van der Waals surface area contributed by atoms with Crippen molar-refractivity contribution in [3.05, 3.63) is 75.0 Å². The zero-order valence-corrected chi connectivity index (χ0v) is 15.0. The molecule has 3 aromatic rings. The van der Waals surface area contributed by atoms with Crippen LogP contribution in [0.4, 0.5) is 15.8 Å². The van der Waals surface area contributed by atoms with E-state index < -0.39 is 22.4 Å². The van der Waals surface area contributed by atoms with Gasteiger partial charge in [-0.3, -0.25) is 14.9 Å². The number of amides is 1. The molecule has 1 amide bonds. The number of hydrogen-bond acceptors (Lipinski definition) is 7. The van der Waals surface area contributed by atoms with Gasteiger partial charge in [-0.2, -0.15) is 4.68 Å². The molecule has 150 valence electrons. The van der Waals surface area contributed by atoms with Crippen molar-refractivity contribution in [1.82, 2.24) is 15.1 Å². The number of nitrogens with zero attached hydrogens (tertiary/aromatic N) is 3. The quantitative estimate of drug-likeness (QED) is 0.334. The molecule has 2 aromatic carbocycles. The number of para-hydroxylation sites is 2. The number of halogens is 1. The van der Waals surface area contributed by atoms with Crippen LogP contribution in [0, 0.1) is 15.9 Å². The third kappa shape index (κ3) is 5.03. The van der Waals surface area contributed by atoms with Crippen molar-refractivity contribution in [1.29, 1.82) is 0 Å². The highest BCUT2D eigenvalue weighted by Gasteiger charge is 2.14. The molecule has 0 aliphatic rings. The zero-order valence-electron chi connectivity index (χ0n) is 15.0. The molecule has 29 heavy (non-hydrogen) atoms. The second kappa shape index (κ2) is 8.78. The second-order valence-corrected chi connectivity index (χ2v) is 5.89. The summed E-state index contributed by atoms with van der Waals surface area (Å²) in [5.41, 5.74) is 0.668. The van der Waals surface area contributed by atoms with Crippen LogP contribution in [0.3, 0.4) is 0 Å². The number of hydrogen-bond donors (Lipinski definition) is 2. The van der Waals surface area contributed by atoms with Gasteiger partial charge in [-0.05, 0) is 30.3 Å². The number of benzene rings is 2. The fraction of sp³-hybridized carbons (Fsp3) is 0.167. The minimum absolute atomic E-state index is 0.0270. The van der Waals surface area contributed by atoms with E-state index in [1.165, 1.54) is 30.3 Å². The van der Waals surface area contributed by atoms with Gasteiger partial charge in [-0.25, -0.2) is 9.18 Å². The molecule has 0 aliphatic carbocycles. The number of rotatable bonds is 8. The Morgan fingerprint density at radius 1 is 1.17 bits per heavy atom. The van der Waals surface area contributed by atoms with Crippen LogP contribution in [0.15, 0.2) is 57.7 Å². The van der Waals surface area contributed by atoms with E-state index in [4.69, 9.17) is 4.42 Å². The first-order valence-corrected chi connectivity index (χ1v) is 8.52. The van der Waals surface area contributed by atoms with E-state index in [1.807, 2.05) is 0 Å². The summed E-state index contributed by atoms with van der Waals surface area (Å²) in [5.74, 6) is -1.78. The van der Waals surface area contributed by atoms with Gasteiger partial charge >= 0.3 is 5.76 Å². The molecule has 0 radical (unpaired) electrons. The Hall–Kier alpha value is -4.02. The Morgan fingerprint density at radius 3 is 2.62 bits per heavy atom. The number of carbonyl (C=O) groups is 1. The topological polar surface area (TPSA) is 132 Å². The molecule has 1 aromatic heterocycles.